The summed E-state index contributed by atoms with van der Waals surface area (Å²) < 4.78 is 4.60. The van der Waals surface area contributed by atoms with Gasteiger partial charge in [0.25, 0.3) is 0 Å². The molecule has 0 saturated heterocycles. The largest absolute Gasteiger partial charge is 0.466 e. The number of hydrogen-bond donors (Lipinski definition) is 1. The number of carbonyl (C=O) groups is 2. The Bertz CT molecular complexity index is 541. The monoisotopic (exact) mass is 271 g/mol. The first-order valence-corrected chi connectivity index (χ1v) is 6.04. The molecule has 0 unspecified atom stereocenters. The van der Waals surface area contributed by atoms with E-state index in [1.54, 1.807) is 18.2 Å². The van der Waals surface area contributed by atoms with Crippen molar-refractivity contribution in [3.8, 4) is 0 Å². The molecule has 1 aromatic carbocycles. The molecule has 0 aromatic heterocycles. The van der Waals surface area contributed by atoms with Gasteiger partial charge in [0.15, 0.2) is 0 Å². The maximum Gasteiger partial charge on any atom is 0.334 e. The number of methoxy groups -OCH3 is 1. The molecule has 0 saturated carbocycles. The average Bonchev–Trinajstić information content (AvgIpc) is 2.46. The van der Waals surface area contributed by atoms with E-state index in [-0.39, 0.29) is 12.0 Å². The summed E-state index contributed by atoms with van der Waals surface area (Å²) in [6, 6.07) is 7.18. The second kappa shape index (κ2) is 7.74. The van der Waals surface area contributed by atoms with Gasteiger partial charge in [-0.15, -0.1) is 6.58 Å². The maximum atomic E-state index is 11.8. The summed E-state index contributed by atoms with van der Waals surface area (Å²) in [5, 5.41) is 2.67. The van der Waals surface area contributed by atoms with Gasteiger partial charge in [-0.05, 0) is 24.1 Å². The van der Waals surface area contributed by atoms with E-state index < -0.39 is 11.9 Å². The van der Waals surface area contributed by atoms with Crippen molar-refractivity contribution in [1.29, 1.82) is 0 Å². The van der Waals surface area contributed by atoms with Gasteiger partial charge in [-0.25, -0.2) is 4.79 Å². The third-order valence-corrected chi connectivity index (χ3v) is 2.53. The number of carbonyl (C=O) groups excluding carboxylic acids is 2. The summed E-state index contributed by atoms with van der Waals surface area (Å²) in [6.07, 6.45) is 4.74. The fourth-order valence-corrected chi connectivity index (χ4v) is 1.53. The molecule has 1 N–H and O–H groups in total. The molecule has 1 amide bonds. The lowest BCUT2D eigenvalue weighted by Crippen LogP contribution is -2.12. The Morgan fingerprint density at radius 2 is 1.90 bits per heavy atom. The highest BCUT2D eigenvalue weighted by Gasteiger charge is 2.10. The molecule has 104 valence electrons. The van der Waals surface area contributed by atoms with Crippen molar-refractivity contribution >= 4 is 23.6 Å². The number of nitrogens with one attached hydrogen (secondary N) is 1. The number of allylic oxidation sites excluding steroid dienone is 1. The Balaban J connectivity index is 2.79. The highest BCUT2D eigenvalue weighted by Crippen LogP contribution is 2.11. The van der Waals surface area contributed by atoms with E-state index in [1.165, 1.54) is 19.3 Å². The zero-order chi connectivity index (χ0) is 15.0. The van der Waals surface area contributed by atoms with Crippen molar-refractivity contribution in [2.75, 3.05) is 12.4 Å². The molecule has 0 spiro atoms. The molecular formula is C16H17NO3. The van der Waals surface area contributed by atoms with E-state index in [0.29, 0.717) is 5.69 Å². The van der Waals surface area contributed by atoms with Crippen molar-refractivity contribution in [3.05, 3.63) is 60.7 Å². The first kappa shape index (κ1) is 15.4. The minimum absolute atomic E-state index is 0.253. The smallest absolute Gasteiger partial charge is 0.334 e. The van der Waals surface area contributed by atoms with Crippen molar-refractivity contribution in [2.45, 2.75) is 6.42 Å². The molecule has 0 aliphatic heterocycles. The van der Waals surface area contributed by atoms with Gasteiger partial charge in [-0.1, -0.05) is 30.9 Å². The van der Waals surface area contributed by atoms with E-state index in [9.17, 15) is 9.59 Å². The zero-order valence-corrected chi connectivity index (χ0v) is 11.4. The molecule has 4 nitrogen and oxygen atoms in total. The van der Waals surface area contributed by atoms with Crippen LogP contribution in [-0.4, -0.2) is 19.0 Å². The molecule has 0 radical (unpaired) electrons. The highest BCUT2D eigenvalue weighted by atomic mass is 16.5. The van der Waals surface area contributed by atoms with Gasteiger partial charge in [0.2, 0.25) is 5.91 Å². The van der Waals surface area contributed by atoms with Gasteiger partial charge < -0.3 is 10.1 Å². The normalized spacial score (nSPS) is 10.6. The Labute approximate surface area is 118 Å². The summed E-state index contributed by atoms with van der Waals surface area (Å²) in [6.45, 7) is 7.19. The Morgan fingerprint density at radius 3 is 2.40 bits per heavy atom. The number of esters is 1. The first-order valence-electron chi connectivity index (χ1n) is 6.04. The highest BCUT2D eigenvalue weighted by molar-refractivity contribution is 6.04. The predicted molar refractivity (Wildman–Crippen MR) is 80.1 cm³/mol. The van der Waals surface area contributed by atoms with Gasteiger partial charge in [0.1, 0.15) is 0 Å². The van der Waals surface area contributed by atoms with Crippen LogP contribution in [0.5, 0.6) is 0 Å². The van der Waals surface area contributed by atoms with Gasteiger partial charge in [-0.2, -0.15) is 0 Å². The van der Waals surface area contributed by atoms with Crippen LogP contribution >= 0.6 is 0 Å². The van der Waals surface area contributed by atoms with E-state index in [1.807, 2.05) is 12.1 Å². The quantitative estimate of drug-likeness (QED) is 0.491. The third kappa shape index (κ3) is 4.57. The third-order valence-electron chi connectivity index (χ3n) is 2.53. The number of ether oxygens (including phenoxy) is 1. The van der Waals surface area contributed by atoms with Crippen LogP contribution in [0.2, 0.25) is 0 Å². The minimum Gasteiger partial charge on any atom is -0.466 e. The zero-order valence-electron chi connectivity index (χ0n) is 11.4. The first-order chi connectivity index (χ1) is 9.60. The summed E-state index contributed by atoms with van der Waals surface area (Å²) in [5.41, 5.74) is 1.85. The van der Waals surface area contributed by atoms with Gasteiger partial charge >= 0.3 is 5.97 Å². The van der Waals surface area contributed by atoms with Crippen molar-refractivity contribution in [1.82, 2.24) is 0 Å². The Morgan fingerprint density at radius 1 is 1.25 bits per heavy atom. The van der Waals surface area contributed by atoms with Crippen LogP contribution in [0, 0.1) is 0 Å². The van der Waals surface area contributed by atoms with Gasteiger partial charge in [0.05, 0.1) is 7.11 Å². The minimum atomic E-state index is -0.540. The average molecular weight is 271 g/mol. The lowest BCUT2D eigenvalue weighted by molar-refractivity contribution is -0.136. The van der Waals surface area contributed by atoms with Crippen LogP contribution in [0.4, 0.5) is 5.69 Å². The number of benzene rings is 1. The lowest BCUT2D eigenvalue weighted by atomic mass is 10.1. The van der Waals surface area contributed by atoms with Crippen LogP contribution in [0.15, 0.2) is 55.1 Å². The Kier molecular flexibility index (Phi) is 5.97. The van der Waals surface area contributed by atoms with Crippen LogP contribution in [0.25, 0.3) is 6.08 Å². The van der Waals surface area contributed by atoms with Gasteiger partial charge in [-0.3, -0.25) is 4.79 Å². The molecule has 0 aliphatic rings. The predicted octanol–water partition coefficient (Wildman–Crippen LogP) is 2.94. The molecule has 20 heavy (non-hydrogen) atoms. The summed E-state index contributed by atoms with van der Waals surface area (Å²) >= 11 is 0. The van der Waals surface area contributed by atoms with Crippen molar-refractivity contribution in [2.24, 2.45) is 0 Å². The Hall–Kier alpha value is -2.62. The summed E-state index contributed by atoms with van der Waals surface area (Å²) in [4.78, 5) is 23.3. The number of anilines is 1. The number of hydrogen-bond acceptors (Lipinski definition) is 3. The van der Waals surface area contributed by atoms with E-state index in [4.69, 9.17) is 0 Å². The molecule has 1 aromatic rings. The second-order valence-corrected chi connectivity index (χ2v) is 3.97. The lowest BCUT2D eigenvalue weighted by Gasteiger charge is -2.05. The molecular weight excluding hydrogens is 254 g/mol. The molecule has 0 atom stereocenters. The van der Waals surface area contributed by atoms with Crippen LogP contribution in [-0.2, 0) is 14.3 Å². The van der Waals surface area contributed by atoms with E-state index in [0.717, 1.165) is 5.56 Å². The van der Waals surface area contributed by atoms with Crippen LogP contribution in [0.3, 0.4) is 0 Å². The molecule has 0 bridgehead atoms. The summed E-state index contributed by atoms with van der Waals surface area (Å²) in [5.74, 6) is -0.930. The molecule has 0 aliphatic carbocycles. The second-order valence-electron chi connectivity index (χ2n) is 3.97. The summed E-state index contributed by atoms with van der Waals surface area (Å²) in [7, 11) is 1.27. The standard InChI is InChI=1S/C16H17NO3/c1-4-6-13(16(19)20-3)11-15(18)17-14-9-7-12(5-2)8-10-14/h4-5,7-11H,1-2,6H2,3H3,(H,17,18)/b13-11+. The number of amides is 1. The fraction of sp³-hybridized carbons (Fsp3) is 0.125. The maximum absolute atomic E-state index is 11.8. The molecule has 0 heterocycles. The van der Waals surface area contributed by atoms with E-state index in [2.05, 4.69) is 23.2 Å². The molecule has 0 fully saturated rings. The fourth-order valence-electron chi connectivity index (χ4n) is 1.53. The molecule has 1 rings (SSSR count). The van der Waals surface area contributed by atoms with Crippen LogP contribution < -0.4 is 5.32 Å². The van der Waals surface area contributed by atoms with Crippen LogP contribution in [0.1, 0.15) is 12.0 Å². The topological polar surface area (TPSA) is 55.4 Å². The van der Waals surface area contributed by atoms with Gasteiger partial charge in [0, 0.05) is 17.3 Å². The van der Waals surface area contributed by atoms with Crippen molar-refractivity contribution in [3.63, 3.8) is 0 Å². The van der Waals surface area contributed by atoms with Crippen molar-refractivity contribution < 1.29 is 14.3 Å². The SMILES string of the molecule is C=CC/C(=C\C(=O)Nc1ccc(C=C)cc1)C(=O)OC. The van der Waals surface area contributed by atoms with E-state index >= 15 is 0 Å². The molecule has 4 heteroatoms. The number of rotatable bonds is 6.